The van der Waals surface area contributed by atoms with Crippen molar-refractivity contribution in [3.63, 3.8) is 0 Å². The van der Waals surface area contributed by atoms with Crippen LogP contribution >= 0.6 is 0 Å². The molecule has 142 valence electrons. The summed E-state index contributed by atoms with van der Waals surface area (Å²) in [5.41, 5.74) is 7.23. The van der Waals surface area contributed by atoms with Crippen molar-refractivity contribution in [1.29, 1.82) is 0 Å². The van der Waals surface area contributed by atoms with E-state index in [-0.39, 0.29) is 5.91 Å². The van der Waals surface area contributed by atoms with Crippen molar-refractivity contribution in [3.05, 3.63) is 82.5 Å². The van der Waals surface area contributed by atoms with E-state index < -0.39 is 0 Å². The third kappa shape index (κ3) is 3.80. The molecule has 5 nitrogen and oxygen atoms in total. The summed E-state index contributed by atoms with van der Waals surface area (Å²) < 4.78 is 0. The number of carbonyl (C=O) groups excluding carboxylic acids is 1. The van der Waals surface area contributed by atoms with Crippen LogP contribution in [-0.4, -0.2) is 40.0 Å². The molecule has 0 radical (unpaired) electrons. The molecule has 1 aliphatic heterocycles. The topological polar surface area (TPSA) is 49.3 Å². The highest BCUT2D eigenvalue weighted by molar-refractivity contribution is 5.94. The third-order valence-corrected chi connectivity index (χ3v) is 5.14. The Morgan fingerprint density at radius 2 is 1.75 bits per heavy atom. The zero-order chi connectivity index (χ0) is 19.7. The molecule has 1 aromatic heterocycles. The second-order valence-electron chi connectivity index (χ2n) is 7.57. The standard InChI is InChI=1S/C23H24N4O/c1-16-4-11-22(25-24-16)18-7-9-19(10-8-18)23(28)27(3)13-17-5-6-20-14-26(2)15-21(20)12-17/h4-12H,13-15H2,1-3H3. The molecule has 2 heterocycles. The molecular weight excluding hydrogens is 348 g/mol. The van der Waals surface area contributed by atoms with Gasteiger partial charge in [-0.15, -0.1) is 0 Å². The van der Waals surface area contributed by atoms with Gasteiger partial charge < -0.3 is 4.90 Å². The Hall–Kier alpha value is -3.05. The molecule has 2 aromatic carbocycles. The van der Waals surface area contributed by atoms with Gasteiger partial charge >= 0.3 is 0 Å². The molecule has 0 fully saturated rings. The normalized spacial score (nSPS) is 13.4. The first-order chi connectivity index (χ1) is 13.5. The fourth-order valence-electron chi connectivity index (χ4n) is 3.62. The van der Waals surface area contributed by atoms with Gasteiger partial charge in [0.2, 0.25) is 0 Å². The minimum Gasteiger partial charge on any atom is -0.337 e. The Kier molecular flexibility index (Phi) is 4.92. The minimum atomic E-state index is 0.0131. The predicted octanol–water partition coefficient (Wildman–Crippen LogP) is 3.67. The summed E-state index contributed by atoms with van der Waals surface area (Å²) in [6, 6.07) is 18.0. The Morgan fingerprint density at radius 3 is 2.46 bits per heavy atom. The van der Waals surface area contributed by atoms with Gasteiger partial charge in [0.05, 0.1) is 11.4 Å². The number of aryl methyl sites for hydroxylation is 1. The van der Waals surface area contributed by atoms with Gasteiger partial charge in [-0.3, -0.25) is 9.69 Å². The zero-order valence-electron chi connectivity index (χ0n) is 16.5. The zero-order valence-corrected chi connectivity index (χ0v) is 16.5. The average Bonchev–Trinajstić information content (AvgIpc) is 3.07. The van der Waals surface area contributed by atoms with Crippen LogP contribution in [0.5, 0.6) is 0 Å². The molecule has 5 heteroatoms. The number of amides is 1. The highest BCUT2D eigenvalue weighted by Crippen LogP contribution is 2.23. The molecule has 0 unspecified atom stereocenters. The highest BCUT2D eigenvalue weighted by Gasteiger charge is 2.17. The monoisotopic (exact) mass is 372 g/mol. The first-order valence-electron chi connectivity index (χ1n) is 9.45. The van der Waals surface area contributed by atoms with Crippen molar-refractivity contribution < 1.29 is 4.79 Å². The molecule has 0 N–H and O–H groups in total. The van der Waals surface area contributed by atoms with Crippen LogP contribution in [-0.2, 0) is 19.6 Å². The van der Waals surface area contributed by atoms with Gasteiger partial charge in [-0.05, 0) is 54.9 Å². The highest BCUT2D eigenvalue weighted by atomic mass is 16.2. The Morgan fingerprint density at radius 1 is 1.00 bits per heavy atom. The maximum atomic E-state index is 12.8. The van der Waals surface area contributed by atoms with Gasteiger partial charge in [-0.2, -0.15) is 10.2 Å². The Bertz CT molecular complexity index is 996. The number of nitrogens with zero attached hydrogens (tertiary/aromatic N) is 4. The molecule has 0 saturated heterocycles. The van der Waals surface area contributed by atoms with Crippen molar-refractivity contribution in [1.82, 2.24) is 20.0 Å². The number of rotatable bonds is 4. The van der Waals surface area contributed by atoms with E-state index in [0.29, 0.717) is 12.1 Å². The molecule has 0 spiro atoms. The summed E-state index contributed by atoms with van der Waals surface area (Å²) in [6.45, 7) is 4.49. The Labute approximate surface area is 165 Å². The second kappa shape index (κ2) is 7.52. The van der Waals surface area contributed by atoms with Crippen molar-refractivity contribution in [2.75, 3.05) is 14.1 Å². The fourth-order valence-corrected chi connectivity index (χ4v) is 3.62. The molecule has 3 aromatic rings. The van der Waals surface area contributed by atoms with E-state index in [2.05, 4.69) is 40.3 Å². The van der Waals surface area contributed by atoms with Crippen LogP contribution in [0, 0.1) is 6.92 Å². The van der Waals surface area contributed by atoms with Crippen LogP contribution in [0.3, 0.4) is 0 Å². The lowest BCUT2D eigenvalue weighted by Crippen LogP contribution is -2.26. The van der Waals surface area contributed by atoms with E-state index in [1.807, 2.05) is 50.4 Å². The number of hydrogen-bond donors (Lipinski definition) is 0. The van der Waals surface area contributed by atoms with Crippen molar-refractivity contribution >= 4 is 5.91 Å². The molecule has 4 rings (SSSR count). The predicted molar refractivity (Wildman–Crippen MR) is 110 cm³/mol. The smallest absolute Gasteiger partial charge is 0.253 e. The van der Waals surface area contributed by atoms with E-state index in [1.54, 1.807) is 4.90 Å². The van der Waals surface area contributed by atoms with E-state index in [0.717, 1.165) is 35.6 Å². The average molecular weight is 372 g/mol. The van der Waals surface area contributed by atoms with Crippen LogP contribution in [0.25, 0.3) is 11.3 Å². The summed E-state index contributed by atoms with van der Waals surface area (Å²) in [4.78, 5) is 16.9. The molecule has 1 amide bonds. The molecule has 0 saturated carbocycles. The third-order valence-electron chi connectivity index (χ3n) is 5.14. The number of aromatic nitrogens is 2. The molecular formula is C23H24N4O. The van der Waals surface area contributed by atoms with Gasteiger partial charge in [0.1, 0.15) is 0 Å². The summed E-state index contributed by atoms with van der Waals surface area (Å²) in [6.07, 6.45) is 0. The van der Waals surface area contributed by atoms with Crippen LogP contribution in [0.4, 0.5) is 0 Å². The molecule has 0 atom stereocenters. The second-order valence-corrected chi connectivity index (χ2v) is 7.57. The number of carbonyl (C=O) groups is 1. The van der Waals surface area contributed by atoms with Gasteiger partial charge in [-0.1, -0.05) is 30.3 Å². The first-order valence-corrected chi connectivity index (χ1v) is 9.45. The molecule has 28 heavy (non-hydrogen) atoms. The quantitative estimate of drug-likeness (QED) is 0.701. The van der Waals surface area contributed by atoms with Crippen molar-refractivity contribution in [2.45, 2.75) is 26.6 Å². The fraction of sp³-hybridized carbons (Fsp3) is 0.261. The van der Waals surface area contributed by atoms with Crippen LogP contribution in [0.1, 0.15) is 32.7 Å². The van der Waals surface area contributed by atoms with Gasteiger partial charge in [0.15, 0.2) is 0 Å². The maximum absolute atomic E-state index is 12.8. The number of benzene rings is 2. The van der Waals surface area contributed by atoms with Crippen LogP contribution < -0.4 is 0 Å². The Balaban J connectivity index is 1.45. The van der Waals surface area contributed by atoms with Crippen LogP contribution in [0.2, 0.25) is 0 Å². The molecule has 0 aliphatic carbocycles. The lowest BCUT2D eigenvalue weighted by molar-refractivity contribution is 0.0785. The van der Waals surface area contributed by atoms with Gasteiger partial charge in [-0.25, -0.2) is 0 Å². The molecule has 0 bridgehead atoms. The maximum Gasteiger partial charge on any atom is 0.253 e. The number of hydrogen-bond acceptors (Lipinski definition) is 4. The molecule has 1 aliphatic rings. The lowest BCUT2D eigenvalue weighted by atomic mass is 10.1. The summed E-state index contributed by atoms with van der Waals surface area (Å²) >= 11 is 0. The van der Waals surface area contributed by atoms with E-state index >= 15 is 0 Å². The summed E-state index contributed by atoms with van der Waals surface area (Å²) in [5.74, 6) is 0.0131. The lowest BCUT2D eigenvalue weighted by Gasteiger charge is -2.18. The van der Waals surface area contributed by atoms with Crippen molar-refractivity contribution in [3.8, 4) is 11.3 Å². The number of fused-ring (bicyclic) bond motifs is 1. The SMILES string of the molecule is Cc1ccc(-c2ccc(C(=O)N(C)Cc3ccc4c(c3)CN(C)C4)cc2)nn1. The van der Waals surface area contributed by atoms with Crippen LogP contribution in [0.15, 0.2) is 54.6 Å². The van der Waals surface area contributed by atoms with Gasteiger partial charge in [0.25, 0.3) is 5.91 Å². The van der Waals surface area contributed by atoms with Gasteiger partial charge in [0, 0.05) is 37.8 Å². The summed E-state index contributed by atoms with van der Waals surface area (Å²) in [7, 11) is 3.97. The summed E-state index contributed by atoms with van der Waals surface area (Å²) in [5, 5.41) is 8.29. The first kappa shape index (κ1) is 18.3. The largest absolute Gasteiger partial charge is 0.337 e. The van der Waals surface area contributed by atoms with E-state index in [9.17, 15) is 4.79 Å². The van der Waals surface area contributed by atoms with E-state index in [1.165, 1.54) is 11.1 Å². The van der Waals surface area contributed by atoms with Crippen molar-refractivity contribution in [2.24, 2.45) is 0 Å². The minimum absolute atomic E-state index is 0.0131. The van der Waals surface area contributed by atoms with E-state index in [4.69, 9.17) is 0 Å².